The third kappa shape index (κ3) is 5.37. The van der Waals surface area contributed by atoms with Crippen LogP contribution in [0.2, 0.25) is 0 Å². The Kier molecular flexibility index (Phi) is 5.86. The van der Waals surface area contributed by atoms with Gasteiger partial charge in [0.1, 0.15) is 5.82 Å². The molecule has 1 aliphatic rings. The number of rotatable bonds is 7. The van der Waals surface area contributed by atoms with E-state index in [0.717, 1.165) is 37.9 Å². The zero-order valence-corrected chi connectivity index (χ0v) is 15.8. The van der Waals surface area contributed by atoms with Crippen molar-refractivity contribution in [2.75, 3.05) is 25.0 Å². The van der Waals surface area contributed by atoms with E-state index in [0.29, 0.717) is 11.7 Å². The Morgan fingerprint density at radius 1 is 1.30 bits per heavy atom. The van der Waals surface area contributed by atoms with Crippen LogP contribution in [0, 0.1) is 0 Å². The summed E-state index contributed by atoms with van der Waals surface area (Å²) in [6.45, 7) is 7.62. The molecule has 3 rings (SSSR count). The van der Waals surface area contributed by atoms with Crippen molar-refractivity contribution in [1.29, 1.82) is 0 Å². The van der Waals surface area contributed by atoms with Crippen LogP contribution in [0.4, 0.5) is 5.82 Å². The molecule has 6 nitrogen and oxygen atoms in total. The first-order valence-electron chi connectivity index (χ1n) is 9.20. The molecule has 0 unspecified atom stereocenters. The third-order valence-electron chi connectivity index (χ3n) is 4.87. The van der Waals surface area contributed by atoms with Gasteiger partial charge in [-0.2, -0.15) is 0 Å². The lowest BCUT2D eigenvalue weighted by atomic mass is 9.84. The van der Waals surface area contributed by atoms with Crippen molar-refractivity contribution < 1.29 is 9.90 Å². The molecule has 27 heavy (non-hydrogen) atoms. The van der Waals surface area contributed by atoms with Gasteiger partial charge in [-0.05, 0) is 18.1 Å². The van der Waals surface area contributed by atoms with E-state index >= 15 is 0 Å². The summed E-state index contributed by atoms with van der Waals surface area (Å²) < 4.78 is 0. The van der Waals surface area contributed by atoms with E-state index in [1.807, 2.05) is 0 Å². The molecule has 0 spiro atoms. The maximum Gasteiger partial charge on any atom is 0.328 e. The number of likely N-dealkylation sites (tertiary alicyclic amines) is 1. The molecule has 0 bridgehead atoms. The first-order valence-corrected chi connectivity index (χ1v) is 9.20. The van der Waals surface area contributed by atoms with Gasteiger partial charge < -0.3 is 15.3 Å². The number of aromatic nitrogens is 2. The number of carboxylic acid groups (broad SMARTS) is 1. The Bertz CT molecular complexity index is 788. The monoisotopic (exact) mass is 366 g/mol. The average Bonchev–Trinajstić information content (AvgIpc) is 3.08. The molecule has 1 aromatic heterocycles. The topological polar surface area (TPSA) is 78.4 Å². The molecule has 1 atom stereocenters. The lowest BCUT2D eigenvalue weighted by molar-refractivity contribution is -0.131. The highest BCUT2D eigenvalue weighted by Gasteiger charge is 2.29. The Labute approximate surface area is 160 Å². The summed E-state index contributed by atoms with van der Waals surface area (Å²) in [6, 6.07) is 11.0. The van der Waals surface area contributed by atoms with Crippen LogP contribution in [-0.2, 0) is 10.2 Å². The molecular weight excluding hydrogens is 340 g/mol. The number of anilines is 1. The van der Waals surface area contributed by atoms with E-state index in [-0.39, 0.29) is 5.41 Å². The molecule has 1 fully saturated rings. The number of nitrogens with one attached hydrogen (secondary N) is 1. The van der Waals surface area contributed by atoms with Crippen molar-refractivity contribution in [1.82, 2.24) is 14.9 Å². The zero-order chi connectivity index (χ0) is 19.3. The molecular formula is C21H26N4O2. The summed E-state index contributed by atoms with van der Waals surface area (Å²) in [5.41, 5.74) is 1.99. The minimum Gasteiger partial charge on any atom is -0.478 e. The fourth-order valence-corrected chi connectivity index (χ4v) is 3.50. The first kappa shape index (κ1) is 19.0. The lowest BCUT2D eigenvalue weighted by Crippen LogP contribution is -2.37. The SMILES string of the molecule is CC(C)(CN1CC[C@@H](Nc2cnc(/C=C/C(=O)O)cn2)C1)c1ccccc1. The average molecular weight is 366 g/mol. The number of benzene rings is 1. The van der Waals surface area contributed by atoms with E-state index in [4.69, 9.17) is 5.11 Å². The van der Waals surface area contributed by atoms with Crippen LogP contribution in [0.15, 0.2) is 48.8 Å². The molecule has 2 aromatic rings. The van der Waals surface area contributed by atoms with Gasteiger partial charge in [-0.25, -0.2) is 9.78 Å². The molecule has 1 aromatic carbocycles. The van der Waals surface area contributed by atoms with Crippen molar-refractivity contribution >= 4 is 17.9 Å². The lowest BCUT2D eigenvalue weighted by Gasteiger charge is -2.31. The zero-order valence-electron chi connectivity index (χ0n) is 15.8. The van der Waals surface area contributed by atoms with Crippen LogP contribution in [0.3, 0.4) is 0 Å². The van der Waals surface area contributed by atoms with Crippen molar-refractivity contribution in [3.05, 3.63) is 60.1 Å². The fraction of sp³-hybridized carbons (Fsp3) is 0.381. The standard InChI is InChI=1S/C21H26N4O2/c1-21(2,16-6-4-3-5-7-16)15-25-11-10-18(14-25)24-19-13-22-17(12-23-19)8-9-20(26)27/h3-9,12-13,18H,10-11,14-15H2,1-2H3,(H,23,24)(H,26,27)/b9-8+/t18-/m1/s1. The number of aliphatic carboxylic acids is 1. The van der Waals surface area contributed by atoms with E-state index in [2.05, 4.69) is 64.4 Å². The van der Waals surface area contributed by atoms with Gasteiger partial charge in [0.25, 0.3) is 0 Å². The summed E-state index contributed by atoms with van der Waals surface area (Å²) in [7, 11) is 0. The summed E-state index contributed by atoms with van der Waals surface area (Å²) in [4.78, 5) is 21.6. The van der Waals surface area contributed by atoms with Crippen molar-refractivity contribution in [2.24, 2.45) is 0 Å². The maximum absolute atomic E-state index is 10.5. The number of hydrogen-bond acceptors (Lipinski definition) is 5. The largest absolute Gasteiger partial charge is 0.478 e. The normalized spacial score (nSPS) is 18.1. The van der Waals surface area contributed by atoms with Gasteiger partial charge in [0, 0.05) is 37.2 Å². The van der Waals surface area contributed by atoms with Gasteiger partial charge in [0.15, 0.2) is 0 Å². The van der Waals surface area contributed by atoms with Crippen LogP contribution in [0.5, 0.6) is 0 Å². The summed E-state index contributed by atoms with van der Waals surface area (Å²) in [6.07, 6.45) is 6.78. The molecule has 0 aliphatic carbocycles. The molecule has 1 aliphatic heterocycles. The van der Waals surface area contributed by atoms with Crippen molar-refractivity contribution in [2.45, 2.75) is 31.7 Å². The highest BCUT2D eigenvalue weighted by atomic mass is 16.4. The summed E-state index contributed by atoms with van der Waals surface area (Å²) in [5.74, 6) is -0.278. The van der Waals surface area contributed by atoms with Gasteiger partial charge >= 0.3 is 5.97 Å². The fourth-order valence-electron chi connectivity index (χ4n) is 3.50. The second-order valence-corrected chi connectivity index (χ2v) is 7.61. The molecule has 0 saturated carbocycles. The minimum atomic E-state index is -0.997. The molecule has 142 valence electrons. The van der Waals surface area contributed by atoms with E-state index in [1.165, 1.54) is 11.6 Å². The summed E-state index contributed by atoms with van der Waals surface area (Å²) >= 11 is 0. The van der Waals surface area contributed by atoms with Gasteiger partial charge in [-0.3, -0.25) is 4.98 Å². The van der Waals surface area contributed by atoms with Crippen molar-refractivity contribution in [3.63, 3.8) is 0 Å². The highest BCUT2D eigenvalue weighted by Crippen LogP contribution is 2.26. The number of hydrogen-bond donors (Lipinski definition) is 2. The molecule has 1 saturated heterocycles. The molecule has 6 heteroatoms. The Morgan fingerprint density at radius 3 is 2.74 bits per heavy atom. The van der Waals surface area contributed by atoms with Crippen LogP contribution >= 0.6 is 0 Å². The Hall–Kier alpha value is -2.73. The summed E-state index contributed by atoms with van der Waals surface area (Å²) in [5, 5.41) is 12.1. The van der Waals surface area contributed by atoms with Gasteiger partial charge in [-0.15, -0.1) is 0 Å². The quantitative estimate of drug-likeness (QED) is 0.734. The molecule has 2 N–H and O–H groups in total. The van der Waals surface area contributed by atoms with Gasteiger partial charge in [0.2, 0.25) is 0 Å². The number of carboxylic acids is 1. The second kappa shape index (κ2) is 8.31. The van der Waals surface area contributed by atoms with E-state index < -0.39 is 5.97 Å². The molecule has 2 heterocycles. The predicted octanol–water partition coefficient (Wildman–Crippen LogP) is 3.04. The third-order valence-corrected chi connectivity index (χ3v) is 4.87. The van der Waals surface area contributed by atoms with Crippen LogP contribution in [-0.4, -0.2) is 51.6 Å². The van der Waals surface area contributed by atoms with E-state index in [9.17, 15) is 4.79 Å². The first-order chi connectivity index (χ1) is 12.9. The Morgan fingerprint density at radius 2 is 2.07 bits per heavy atom. The number of nitrogens with zero attached hydrogens (tertiary/aromatic N) is 3. The number of carbonyl (C=O) groups is 1. The maximum atomic E-state index is 10.5. The van der Waals surface area contributed by atoms with Crippen molar-refractivity contribution in [3.8, 4) is 0 Å². The van der Waals surface area contributed by atoms with Crippen LogP contribution < -0.4 is 5.32 Å². The Balaban J connectivity index is 1.53. The van der Waals surface area contributed by atoms with Gasteiger partial charge in [-0.1, -0.05) is 44.2 Å². The highest BCUT2D eigenvalue weighted by molar-refractivity contribution is 5.84. The molecule has 0 radical (unpaired) electrons. The van der Waals surface area contributed by atoms with E-state index in [1.54, 1.807) is 12.4 Å². The predicted molar refractivity (Wildman–Crippen MR) is 107 cm³/mol. The molecule has 0 amide bonds. The van der Waals surface area contributed by atoms with Crippen LogP contribution in [0.25, 0.3) is 6.08 Å². The minimum absolute atomic E-state index is 0.105. The smallest absolute Gasteiger partial charge is 0.328 e. The second-order valence-electron chi connectivity index (χ2n) is 7.61. The van der Waals surface area contributed by atoms with Crippen LogP contribution in [0.1, 0.15) is 31.5 Å². The van der Waals surface area contributed by atoms with Gasteiger partial charge in [0.05, 0.1) is 18.1 Å².